The van der Waals surface area contributed by atoms with Crippen LogP contribution in [0, 0.1) is 0 Å². The number of amides is 2. The number of carbonyl (C=O) groups excluding carboxylic acids is 2. The number of hydrogen-bond acceptors (Lipinski definition) is 7. The van der Waals surface area contributed by atoms with Crippen LogP contribution in [0.25, 0.3) is 0 Å². The Bertz CT molecular complexity index is 411. The van der Waals surface area contributed by atoms with Crippen LogP contribution in [0.2, 0.25) is 0 Å². The zero-order valence-corrected chi connectivity index (χ0v) is 20.4. The van der Waals surface area contributed by atoms with Crippen LogP contribution < -0.4 is 64.4 Å². The van der Waals surface area contributed by atoms with Gasteiger partial charge in [-0.3, -0.25) is 23.3 Å². The van der Waals surface area contributed by atoms with E-state index in [0.717, 1.165) is 19.3 Å². The van der Waals surface area contributed by atoms with Crippen molar-refractivity contribution >= 4 is 22.2 Å². The van der Waals surface area contributed by atoms with Gasteiger partial charge >= 0.3 is 59.1 Å². The predicted octanol–water partition coefficient (Wildman–Crippen LogP) is -4.79. The predicted molar refractivity (Wildman–Crippen MR) is 82.6 cm³/mol. The minimum absolute atomic E-state index is 0. The van der Waals surface area contributed by atoms with Crippen molar-refractivity contribution in [3.05, 3.63) is 0 Å². The summed E-state index contributed by atoms with van der Waals surface area (Å²) < 4.78 is 34.1. The van der Waals surface area contributed by atoms with Crippen molar-refractivity contribution in [2.45, 2.75) is 71.1 Å². The molecule has 0 rings (SSSR count). The smallest absolute Gasteiger partial charge is 0.759 e. The number of rotatable bonds is 11. The summed E-state index contributed by atoms with van der Waals surface area (Å²) in [7, 11) is -5.17. The first-order valence-electron chi connectivity index (χ1n) is 7.81. The molecule has 0 bridgehead atoms. The van der Waals surface area contributed by atoms with Gasteiger partial charge in [-0.2, -0.15) is 0 Å². The van der Waals surface area contributed by atoms with Gasteiger partial charge in [-0.15, -0.1) is 0 Å². The molecule has 0 radical (unpaired) electrons. The Labute approximate surface area is 195 Å². The molecule has 0 aliphatic rings. The first kappa shape index (κ1) is 33.5. The molecule has 2 N–H and O–H groups in total. The SMILES string of the molecule is CCCCCCCCCCCC(=O)NC(=O)CO.O=S(=O)([O-])[O-].[Na+].[Na+]. The molecule has 0 fully saturated rings. The van der Waals surface area contributed by atoms with Crippen molar-refractivity contribution in [3.8, 4) is 0 Å². The molecular formula is C14H27NNa2O7S. The Hall–Kier alpha value is 0.970. The van der Waals surface area contributed by atoms with E-state index in [1.54, 1.807) is 0 Å². The fourth-order valence-electron chi connectivity index (χ4n) is 1.85. The van der Waals surface area contributed by atoms with Gasteiger partial charge in [0.05, 0.1) is 0 Å². The Morgan fingerprint density at radius 3 is 1.56 bits per heavy atom. The molecule has 25 heavy (non-hydrogen) atoms. The summed E-state index contributed by atoms with van der Waals surface area (Å²) in [5.41, 5.74) is 0. The van der Waals surface area contributed by atoms with E-state index in [0.29, 0.717) is 6.42 Å². The fraction of sp³-hybridized carbons (Fsp3) is 0.857. The van der Waals surface area contributed by atoms with Gasteiger partial charge in [0.1, 0.15) is 6.61 Å². The number of aliphatic hydroxyl groups excluding tert-OH is 1. The second-order valence-corrected chi connectivity index (χ2v) is 5.93. The van der Waals surface area contributed by atoms with Gasteiger partial charge in [0, 0.05) is 16.8 Å². The number of aliphatic hydroxyl groups is 1. The van der Waals surface area contributed by atoms with Crippen molar-refractivity contribution in [2.75, 3.05) is 6.61 Å². The molecule has 8 nitrogen and oxygen atoms in total. The van der Waals surface area contributed by atoms with Crippen molar-refractivity contribution < 1.29 is 91.3 Å². The molecule has 0 atom stereocenters. The van der Waals surface area contributed by atoms with E-state index in [1.807, 2.05) is 0 Å². The summed E-state index contributed by atoms with van der Waals surface area (Å²) in [5.74, 6) is -0.895. The van der Waals surface area contributed by atoms with Gasteiger partial charge in [-0.05, 0) is 6.42 Å². The maximum Gasteiger partial charge on any atom is 1.00 e. The van der Waals surface area contributed by atoms with Crippen LogP contribution >= 0.6 is 0 Å². The standard InChI is InChI=1S/C14H27NO3.2Na.H2O4S/c1-2-3-4-5-6-7-8-9-10-11-13(17)15-14(18)12-16;;;1-5(2,3)4/h16H,2-12H2,1H3,(H,15,17,18);;;(H2,1,2,3,4)/q;2*+1;/p-2. The summed E-state index contributed by atoms with van der Waals surface area (Å²) in [6, 6.07) is 0. The van der Waals surface area contributed by atoms with Gasteiger partial charge in [0.2, 0.25) is 5.91 Å². The van der Waals surface area contributed by atoms with Crippen LogP contribution in [-0.2, 0) is 20.0 Å². The van der Waals surface area contributed by atoms with Gasteiger partial charge in [0.15, 0.2) is 0 Å². The molecule has 0 aromatic carbocycles. The first-order chi connectivity index (χ1) is 10.7. The molecule has 0 unspecified atom stereocenters. The number of hydrogen-bond donors (Lipinski definition) is 2. The largest absolute Gasteiger partial charge is 1.00 e. The third kappa shape index (κ3) is 40.8. The average molecular weight is 399 g/mol. The van der Waals surface area contributed by atoms with E-state index in [1.165, 1.54) is 38.5 Å². The summed E-state index contributed by atoms with van der Waals surface area (Å²) >= 11 is 0. The second kappa shape index (κ2) is 23.0. The Kier molecular flexibility index (Phi) is 30.9. The molecule has 0 heterocycles. The molecule has 0 aromatic rings. The van der Waals surface area contributed by atoms with Crippen LogP contribution in [0.3, 0.4) is 0 Å². The van der Waals surface area contributed by atoms with Crippen molar-refractivity contribution in [3.63, 3.8) is 0 Å². The van der Waals surface area contributed by atoms with Crippen LogP contribution in [-0.4, -0.2) is 41.1 Å². The first-order valence-corrected chi connectivity index (χ1v) is 9.14. The zero-order valence-electron chi connectivity index (χ0n) is 15.6. The summed E-state index contributed by atoms with van der Waals surface area (Å²) in [6.45, 7) is 1.59. The average Bonchev–Trinajstić information content (AvgIpc) is 2.43. The molecule has 138 valence electrons. The minimum atomic E-state index is -5.17. The van der Waals surface area contributed by atoms with Crippen molar-refractivity contribution in [1.82, 2.24) is 5.32 Å². The number of carbonyl (C=O) groups is 2. The maximum absolute atomic E-state index is 11.2. The molecule has 0 aliphatic heterocycles. The molecule has 2 amide bonds. The zero-order chi connectivity index (χ0) is 18.1. The van der Waals surface area contributed by atoms with Gasteiger partial charge < -0.3 is 14.2 Å². The topological polar surface area (TPSA) is 147 Å². The summed E-state index contributed by atoms with van der Waals surface area (Å²) in [4.78, 5) is 21.9. The number of nitrogens with one attached hydrogen (secondary N) is 1. The normalized spacial score (nSPS) is 9.76. The van der Waals surface area contributed by atoms with Gasteiger partial charge in [0.25, 0.3) is 5.91 Å². The fourth-order valence-corrected chi connectivity index (χ4v) is 1.85. The van der Waals surface area contributed by atoms with E-state index in [-0.39, 0.29) is 65.0 Å². The molecule has 0 aromatic heterocycles. The van der Waals surface area contributed by atoms with Gasteiger partial charge in [-0.1, -0.05) is 58.3 Å². The number of imide groups is 1. The van der Waals surface area contributed by atoms with E-state index in [2.05, 4.69) is 12.2 Å². The third-order valence-corrected chi connectivity index (χ3v) is 2.93. The Morgan fingerprint density at radius 2 is 1.20 bits per heavy atom. The Balaban J connectivity index is -0.000000276. The summed E-state index contributed by atoms with van der Waals surface area (Å²) in [5, 5.41) is 10.6. The van der Waals surface area contributed by atoms with Crippen LogP contribution in [0.5, 0.6) is 0 Å². The van der Waals surface area contributed by atoms with E-state index in [9.17, 15) is 9.59 Å². The van der Waals surface area contributed by atoms with Crippen LogP contribution in [0.4, 0.5) is 0 Å². The maximum atomic E-state index is 11.2. The van der Waals surface area contributed by atoms with E-state index >= 15 is 0 Å². The molecule has 0 saturated carbocycles. The number of unbranched alkanes of at least 4 members (excludes halogenated alkanes) is 8. The van der Waals surface area contributed by atoms with Crippen molar-refractivity contribution in [1.29, 1.82) is 0 Å². The van der Waals surface area contributed by atoms with Crippen molar-refractivity contribution in [2.24, 2.45) is 0 Å². The third-order valence-electron chi connectivity index (χ3n) is 2.93. The summed E-state index contributed by atoms with van der Waals surface area (Å²) in [6.07, 6.45) is 11.2. The van der Waals surface area contributed by atoms with Crippen LogP contribution in [0.1, 0.15) is 71.1 Å². The Morgan fingerprint density at radius 1 is 0.840 bits per heavy atom. The molecule has 0 spiro atoms. The quantitative estimate of drug-likeness (QED) is 0.153. The molecule has 11 heteroatoms. The monoisotopic (exact) mass is 399 g/mol. The minimum Gasteiger partial charge on any atom is -0.759 e. The molecular weight excluding hydrogens is 372 g/mol. The molecule has 0 saturated heterocycles. The van der Waals surface area contributed by atoms with E-state index in [4.69, 9.17) is 22.6 Å². The molecule has 0 aliphatic carbocycles. The van der Waals surface area contributed by atoms with Gasteiger partial charge in [-0.25, -0.2) is 0 Å². The van der Waals surface area contributed by atoms with Crippen LogP contribution in [0.15, 0.2) is 0 Å². The second-order valence-electron chi connectivity index (χ2n) is 5.12. The van der Waals surface area contributed by atoms with E-state index < -0.39 is 22.9 Å².